The van der Waals surface area contributed by atoms with Crippen LogP contribution in [0.25, 0.3) is 0 Å². The number of benzene rings is 1. The molecule has 0 heterocycles. The molecule has 0 radical (unpaired) electrons. The largest absolute Gasteiger partial charge is 0.368 e. The number of carbonyl (C=O) groups excluding carboxylic acids is 1. The summed E-state index contributed by atoms with van der Waals surface area (Å²) in [4.78, 5) is 11.7. The van der Waals surface area contributed by atoms with E-state index in [0.29, 0.717) is 13.0 Å². The van der Waals surface area contributed by atoms with E-state index in [4.69, 9.17) is 4.74 Å². The molecule has 1 atom stereocenters. The zero-order valence-electron chi connectivity index (χ0n) is 10.6. The predicted molar refractivity (Wildman–Crippen MR) is 77.9 cm³/mol. The van der Waals surface area contributed by atoms with Crippen molar-refractivity contribution < 1.29 is 9.53 Å². The number of ether oxygens (including phenoxy) is 1. The molecule has 3 heteroatoms. The fourth-order valence-corrected chi connectivity index (χ4v) is 3.11. The molecule has 0 N–H and O–H groups in total. The van der Waals surface area contributed by atoms with Crippen LogP contribution in [0.3, 0.4) is 0 Å². The van der Waals surface area contributed by atoms with E-state index in [1.807, 2.05) is 24.3 Å². The first-order valence-electron chi connectivity index (χ1n) is 6.52. The third kappa shape index (κ3) is 2.72. The molecule has 1 aromatic carbocycles. The summed E-state index contributed by atoms with van der Waals surface area (Å²) >= 11 is 3.54. The van der Waals surface area contributed by atoms with Crippen LogP contribution in [0.1, 0.15) is 24.8 Å². The lowest BCUT2D eigenvalue weighted by atomic mass is 9.98. The molecule has 0 amide bonds. The molecular weight excluding hydrogens is 304 g/mol. The highest BCUT2D eigenvalue weighted by molar-refractivity contribution is 9.11. The molecule has 2 nitrogen and oxygen atoms in total. The van der Waals surface area contributed by atoms with Crippen molar-refractivity contribution in [1.29, 1.82) is 0 Å². The first kappa shape index (κ1) is 12.8. The summed E-state index contributed by atoms with van der Waals surface area (Å²) in [7, 11) is 0. The van der Waals surface area contributed by atoms with Crippen LogP contribution in [-0.2, 0) is 16.1 Å². The molecule has 0 saturated heterocycles. The van der Waals surface area contributed by atoms with Crippen LogP contribution in [0.5, 0.6) is 0 Å². The van der Waals surface area contributed by atoms with E-state index in [1.54, 1.807) is 0 Å². The van der Waals surface area contributed by atoms with Gasteiger partial charge in [0.25, 0.3) is 0 Å². The maximum absolute atomic E-state index is 11.7. The minimum Gasteiger partial charge on any atom is -0.368 e. The first-order valence-corrected chi connectivity index (χ1v) is 7.31. The summed E-state index contributed by atoms with van der Waals surface area (Å²) < 4.78 is 6.95. The van der Waals surface area contributed by atoms with Gasteiger partial charge in [-0.05, 0) is 18.1 Å². The summed E-state index contributed by atoms with van der Waals surface area (Å²) in [5.41, 5.74) is 3.34. The standard InChI is InChI=1S/C16H15BrO2/c17-14-9-13-12(6-7-15(13)18)8-16(14)19-10-11-4-2-1-3-5-11/h1-5,9,16H,6-8,10H2. The molecule has 2 aliphatic rings. The van der Waals surface area contributed by atoms with Gasteiger partial charge >= 0.3 is 0 Å². The highest BCUT2D eigenvalue weighted by Gasteiger charge is 2.29. The summed E-state index contributed by atoms with van der Waals surface area (Å²) in [6.45, 7) is 0.602. The molecule has 2 aliphatic carbocycles. The van der Waals surface area contributed by atoms with Crippen LogP contribution in [-0.4, -0.2) is 11.9 Å². The number of allylic oxidation sites excluding steroid dienone is 2. The fraction of sp³-hybridized carbons (Fsp3) is 0.312. The Morgan fingerprint density at radius 1 is 1.21 bits per heavy atom. The van der Waals surface area contributed by atoms with Crippen LogP contribution in [0.2, 0.25) is 0 Å². The minimum atomic E-state index is 0.0462. The molecule has 0 aromatic heterocycles. The van der Waals surface area contributed by atoms with Crippen LogP contribution in [0.4, 0.5) is 0 Å². The first-order chi connectivity index (χ1) is 9.24. The van der Waals surface area contributed by atoms with E-state index in [2.05, 4.69) is 28.1 Å². The normalized spacial score (nSPS) is 22.5. The molecule has 1 aromatic rings. The quantitative estimate of drug-likeness (QED) is 0.844. The highest BCUT2D eigenvalue weighted by atomic mass is 79.9. The van der Waals surface area contributed by atoms with Gasteiger partial charge in [-0.2, -0.15) is 0 Å². The van der Waals surface area contributed by atoms with Gasteiger partial charge in [0.15, 0.2) is 5.78 Å². The lowest BCUT2D eigenvalue weighted by Crippen LogP contribution is -2.17. The average Bonchev–Trinajstić information content (AvgIpc) is 2.78. The highest BCUT2D eigenvalue weighted by Crippen LogP contribution is 2.37. The van der Waals surface area contributed by atoms with E-state index in [0.717, 1.165) is 22.9 Å². The van der Waals surface area contributed by atoms with Crippen LogP contribution < -0.4 is 0 Å². The van der Waals surface area contributed by atoms with Gasteiger partial charge in [-0.3, -0.25) is 4.79 Å². The van der Waals surface area contributed by atoms with Gasteiger partial charge in [0.2, 0.25) is 0 Å². The second-order valence-electron chi connectivity index (χ2n) is 4.96. The molecule has 19 heavy (non-hydrogen) atoms. The summed E-state index contributed by atoms with van der Waals surface area (Å²) in [5.74, 6) is 0.272. The Kier molecular flexibility index (Phi) is 3.67. The second kappa shape index (κ2) is 5.43. The second-order valence-corrected chi connectivity index (χ2v) is 5.87. The van der Waals surface area contributed by atoms with Gasteiger partial charge < -0.3 is 4.74 Å². The number of hydrogen-bond acceptors (Lipinski definition) is 2. The van der Waals surface area contributed by atoms with E-state index < -0.39 is 0 Å². The van der Waals surface area contributed by atoms with Gasteiger partial charge in [0.1, 0.15) is 0 Å². The number of halogens is 1. The third-order valence-corrected chi connectivity index (χ3v) is 4.39. The van der Waals surface area contributed by atoms with Crippen molar-refractivity contribution in [2.24, 2.45) is 0 Å². The van der Waals surface area contributed by atoms with Crippen LogP contribution >= 0.6 is 15.9 Å². The Labute approximate surface area is 121 Å². The third-order valence-electron chi connectivity index (χ3n) is 3.65. The lowest BCUT2D eigenvalue weighted by Gasteiger charge is -2.22. The summed E-state index contributed by atoms with van der Waals surface area (Å²) in [6.07, 6.45) is 4.39. The van der Waals surface area contributed by atoms with Crippen molar-refractivity contribution in [1.82, 2.24) is 0 Å². The average molecular weight is 319 g/mol. The molecular formula is C16H15BrO2. The zero-order valence-corrected chi connectivity index (χ0v) is 12.2. The molecule has 0 saturated carbocycles. The molecule has 0 bridgehead atoms. The van der Waals surface area contributed by atoms with E-state index >= 15 is 0 Å². The zero-order chi connectivity index (χ0) is 13.2. The van der Waals surface area contributed by atoms with Gasteiger partial charge in [0.05, 0.1) is 12.7 Å². The summed E-state index contributed by atoms with van der Waals surface area (Å²) in [5, 5.41) is 0. The Hall–Kier alpha value is -1.19. The number of hydrogen-bond donors (Lipinski definition) is 0. The van der Waals surface area contributed by atoms with Crippen LogP contribution in [0, 0.1) is 0 Å². The lowest BCUT2D eigenvalue weighted by molar-refractivity contribution is -0.114. The van der Waals surface area contributed by atoms with Crippen molar-refractivity contribution in [2.75, 3.05) is 0 Å². The number of ketones is 1. The SMILES string of the molecule is O=C1CCC2=C1C=C(Br)C(OCc1ccccc1)C2. The van der Waals surface area contributed by atoms with Crippen LogP contribution in [0.15, 0.2) is 52.0 Å². The Morgan fingerprint density at radius 3 is 2.79 bits per heavy atom. The van der Waals surface area contributed by atoms with Crippen molar-refractivity contribution in [3.8, 4) is 0 Å². The van der Waals surface area contributed by atoms with E-state index in [9.17, 15) is 4.79 Å². The van der Waals surface area contributed by atoms with Crippen molar-refractivity contribution in [3.05, 3.63) is 57.6 Å². The van der Waals surface area contributed by atoms with Crippen molar-refractivity contribution in [3.63, 3.8) is 0 Å². The topological polar surface area (TPSA) is 26.3 Å². The Balaban J connectivity index is 1.67. The monoisotopic (exact) mass is 318 g/mol. The summed E-state index contributed by atoms with van der Waals surface area (Å²) in [6, 6.07) is 10.1. The molecule has 0 aliphatic heterocycles. The Morgan fingerprint density at radius 2 is 2.00 bits per heavy atom. The molecule has 0 fully saturated rings. The van der Waals surface area contributed by atoms with E-state index in [-0.39, 0.29) is 11.9 Å². The minimum absolute atomic E-state index is 0.0462. The predicted octanol–water partition coefficient (Wildman–Crippen LogP) is 3.91. The molecule has 3 rings (SSSR count). The molecule has 1 unspecified atom stereocenters. The number of carbonyl (C=O) groups is 1. The maximum Gasteiger partial charge on any atom is 0.163 e. The number of Topliss-reactive ketones (excluding diaryl/α,β-unsaturated/α-hetero) is 1. The van der Waals surface area contributed by atoms with Gasteiger partial charge in [-0.15, -0.1) is 0 Å². The van der Waals surface area contributed by atoms with Crippen molar-refractivity contribution in [2.45, 2.75) is 32.0 Å². The number of rotatable bonds is 3. The smallest absolute Gasteiger partial charge is 0.163 e. The molecule has 0 spiro atoms. The van der Waals surface area contributed by atoms with Gasteiger partial charge in [-0.1, -0.05) is 51.8 Å². The molecule has 98 valence electrons. The van der Waals surface area contributed by atoms with E-state index in [1.165, 1.54) is 11.1 Å². The Bertz CT molecular complexity index is 557. The fourth-order valence-electron chi connectivity index (χ4n) is 2.59. The maximum atomic E-state index is 11.7. The van der Waals surface area contributed by atoms with Gasteiger partial charge in [-0.25, -0.2) is 0 Å². The van der Waals surface area contributed by atoms with Crippen molar-refractivity contribution >= 4 is 21.7 Å². The van der Waals surface area contributed by atoms with Gasteiger partial charge in [0, 0.05) is 22.9 Å².